The fourth-order valence-electron chi connectivity index (χ4n) is 2.30. The van der Waals surface area contributed by atoms with Gasteiger partial charge in [0.1, 0.15) is 11.6 Å². The summed E-state index contributed by atoms with van der Waals surface area (Å²) in [7, 11) is 0. The van der Waals surface area contributed by atoms with Gasteiger partial charge in [0.25, 0.3) is 5.91 Å². The van der Waals surface area contributed by atoms with E-state index in [9.17, 15) is 10.1 Å². The molecule has 3 aromatic rings. The van der Waals surface area contributed by atoms with Crippen LogP contribution in [0.1, 0.15) is 5.56 Å². The van der Waals surface area contributed by atoms with E-state index in [1.54, 1.807) is 48.7 Å². The third-order valence-electron chi connectivity index (χ3n) is 3.46. The van der Waals surface area contributed by atoms with Gasteiger partial charge in [-0.3, -0.25) is 9.78 Å². The van der Waals surface area contributed by atoms with Crippen LogP contribution >= 0.6 is 11.6 Å². The molecule has 1 amide bonds. The molecule has 1 N–H and O–H groups in total. The lowest BCUT2D eigenvalue weighted by Crippen LogP contribution is -2.13. The maximum absolute atomic E-state index is 12.4. The van der Waals surface area contributed by atoms with Gasteiger partial charge in [0.05, 0.1) is 11.2 Å². The third-order valence-corrected chi connectivity index (χ3v) is 3.81. The molecule has 1 aromatic heterocycles. The second-order valence-corrected chi connectivity index (χ2v) is 5.43. The first-order chi connectivity index (χ1) is 11.7. The molecule has 0 aliphatic carbocycles. The SMILES string of the molecule is N#CC(=Cc1ccccc1Cl)C(=O)Nc1cccc2ncccc12. The van der Waals surface area contributed by atoms with Gasteiger partial charge in [0.2, 0.25) is 0 Å². The van der Waals surface area contributed by atoms with Gasteiger partial charge in [-0.2, -0.15) is 5.26 Å². The van der Waals surface area contributed by atoms with Gasteiger partial charge in [0, 0.05) is 16.6 Å². The first kappa shape index (κ1) is 15.7. The highest BCUT2D eigenvalue weighted by molar-refractivity contribution is 6.32. The van der Waals surface area contributed by atoms with Gasteiger partial charge in [-0.25, -0.2) is 0 Å². The van der Waals surface area contributed by atoms with E-state index in [0.717, 1.165) is 10.9 Å². The molecule has 2 aromatic carbocycles. The number of carbonyl (C=O) groups is 1. The molecule has 116 valence electrons. The molecule has 3 rings (SSSR count). The Morgan fingerprint density at radius 3 is 2.75 bits per heavy atom. The smallest absolute Gasteiger partial charge is 0.266 e. The van der Waals surface area contributed by atoms with Crippen molar-refractivity contribution in [2.45, 2.75) is 0 Å². The van der Waals surface area contributed by atoms with Crippen LogP contribution in [0.15, 0.2) is 66.4 Å². The number of carbonyl (C=O) groups excluding carboxylic acids is 1. The first-order valence-corrected chi connectivity index (χ1v) is 7.58. The van der Waals surface area contributed by atoms with Gasteiger partial charge in [-0.15, -0.1) is 0 Å². The molecule has 0 aliphatic heterocycles. The number of anilines is 1. The van der Waals surface area contributed by atoms with E-state index in [0.29, 0.717) is 16.3 Å². The normalized spacial score (nSPS) is 11.1. The van der Waals surface area contributed by atoms with Crippen LogP contribution in [0, 0.1) is 11.3 Å². The Balaban J connectivity index is 1.93. The van der Waals surface area contributed by atoms with Crippen molar-refractivity contribution in [2.75, 3.05) is 5.32 Å². The Morgan fingerprint density at radius 2 is 1.96 bits per heavy atom. The van der Waals surface area contributed by atoms with E-state index >= 15 is 0 Å². The monoisotopic (exact) mass is 333 g/mol. The maximum atomic E-state index is 12.4. The van der Waals surface area contributed by atoms with Crippen LogP contribution in [0.4, 0.5) is 5.69 Å². The molecule has 0 radical (unpaired) electrons. The molecule has 4 nitrogen and oxygen atoms in total. The van der Waals surface area contributed by atoms with E-state index in [-0.39, 0.29) is 5.57 Å². The largest absolute Gasteiger partial charge is 0.321 e. The van der Waals surface area contributed by atoms with E-state index < -0.39 is 5.91 Å². The Labute approximate surface area is 144 Å². The minimum atomic E-state index is -0.492. The molecular weight excluding hydrogens is 322 g/mol. The molecule has 0 saturated carbocycles. The van der Waals surface area contributed by atoms with Crippen molar-refractivity contribution in [3.63, 3.8) is 0 Å². The highest BCUT2D eigenvalue weighted by Gasteiger charge is 2.12. The summed E-state index contributed by atoms with van der Waals surface area (Å²) in [5.74, 6) is -0.492. The number of nitriles is 1. The number of rotatable bonds is 3. The summed E-state index contributed by atoms with van der Waals surface area (Å²) in [6.07, 6.45) is 3.16. The molecule has 0 atom stereocenters. The second-order valence-electron chi connectivity index (χ2n) is 5.02. The van der Waals surface area contributed by atoms with Gasteiger partial charge in [-0.05, 0) is 42.0 Å². The molecule has 0 bridgehead atoms. The van der Waals surface area contributed by atoms with Crippen molar-refractivity contribution in [2.24, 2.45) is 0 Å². The summed E-state index contributed by atoms with van der Waals surface area (Å²) >= 11 is 6.07. The summed E-state index contributed by atoms with van der Waals surface area (Å²) in [5, 5.41) is 13.4. The zero-order valence-electron chi connectivity index (χ0n) is 12.5. The number of fused-ring (bicyclic) bond motifs is 1. The molecule has 24 heavy (non-hydrogen) atoms. The van der Waals surface area contributed by atoms with E-state index in [1.807, 2.05) is 18.2 Å². The number of pyridine rings is 1. The van der Waals surface area contributed by atoms with Crippen molar-refractivity contribution >= 4 is 40.2 Å². The van der Waals surface area contributed by atoms with E-state index in [2.05, 4.69) is 10.3 Å². The summed E-state index contributed by atoms with van der Waals surface area (Å²) in [4.78, 5) is 16.7. The predicted molar refractivity (Wildman–Crippen MR) is 95.4 cm³/mol. The van der Waals surface area contributed by atoms with Gasteiger partial charge in [-0.1, -0.05) is 35.9 Å². The molecular formula is C19H12ClN3O. The summed E-state index contributed by atoms with van der Waals surface area (Å²) in [5.41, 5.74) is 1.96. The molecule has 0 unspecified atom stereocenters. The highest BCUT2D eigenvalue weighted by atomic mass is 35.5. The quantitative estimate of drug-likeness (QED) is 0.569. The number of hydrogen-bond donors (Lipinski definition) is 1. The Bertz CT molecular complexity index is 984. The lowest BCUT2D eigenvalue weighted by Gasteiger charge is -2.08. The van der Waals surface area contributed by atoms with Crippen molar-refractivity contribution in [3.8, 4) is 6.07 Å². The van der Waals surface area contributed by atoms with E-state index in [4.69, 9.17) is 11.6 Å². The van der Waals surface area contributed by atoms with Crippen LogP contribution in [0.25, 0.3) is 17.0 Å². The number of nitrogens with zero attached hydrogens (tertiary/aromatic N) is 2. The van der Waals surface area contributed by atoms with Crippen molar-refractivity contribution in [1.82, 2.24) is 4.98 Å². The Morgan fingerprint density at radius 1 is 1.12 bits per heavy atom. The van der Waals surface area contributed by atoms with Crippen LogP contribution in [0.2, 0.25) is 5.02 Å². The zero-order valence-corrected chi connectivity index (χ0v) is 13.3. The lowest BCUT2D eigenvalue weighted by atomic mass is 10.1. The molecule has 1 heterocycles. The van der Waals surface area contributed by atoms with Crippen LogP contribution in [-0.2, 0) is 4.79 Å². The van der Waals surface area contributed by atoms with Crippen molar-refractivity contribution in [3.05, 3.63) is 77.0 Å². The van der Waals surface area contributed by atoms with E-state index in [1.165, 1.54) is 6.08 Å². The minimum Gasteiger partial charge on any atom is -0.321 e. The number of halogens is 1. The Hall–Kier alpha value is -3.16. The predicted octanol–water partition coefficient (Wildman–Crippen LogP) is 4.43. The molecule has 0 aliphatic rings. The van der Waals surface area contributed by atoms with Crippen LogP contribution in [0.3, 0.4) is 0 Å². The van der Waals surface area contributed by atoms with Gasteiger partial charge >= 0.3 is 0 Å². The summed E-state index contributed by atoms with van der Waals surface area (Å²) < 4.78 is 0. The maximum Gasteiger partial charge on any atom is 0.266 e. The standard InChI is InChI=1S/C19H12ClN3O/c20-16-7-2-1-5-13(16)11-14(12-21)19(24)23-18-9-3-8-17-15(18)6-4-10-22-17/h1-11H,(H,23,24). The minimum absolute atomic E-state index is 0.0241. The van der Waals surface area contributed by atoms with Crippen LogP contribution in [0.5, 0.6) is 0 Å². The number of benzene rings is 2. The molecule has 0 fully saturated rings. The van der Waals surface area contributed by atoms with Crippen molar-refractivity contribution < 1.29 is 4.79 Å². The summed E-state index contributed by atoms with van der Waals surface area (Å²) in [6, 6.07) is 18.0. The topological polar surface area (TPSA) is 65.8 Å². The van der Waals surface area contributed by atoms with Crippen molar-refractivity contribution in [1.29, 1.82) is 5.26 Å². The van der Waals surface area contributed by atoms with Gasteiger partial charge in [0.15, 0.2) is 0 Å². The number of aromatic nitrogens is 1. The number of hydrogen-bond acceptors (Lipinski definition) is 3. The Kier molecular flexibility index (Phi) is 4.55. The first-order valence-electron chi connectivity index (χ1n) is 7.20. The molecule has 0 saturated heterocycles. The molecule has 0 spiro atoms. The average Bonchev–Trinajstić information content (AvgIpc) is 2.61. The van der Waals surface area contributed by atoms with Gasteiger partial charge < -0.3 is 5.32 Å². The summed E-state index contributed by atoms with van der Waals surface area (Å²) in [6.45, 7) is 0. The number of amides is 1. The molecule has 5 heteroatoms. The highest BCUT2D eigenvalue weighted by Crippen LogP contribution is 2.23. The second kappa shape index (κ2) is 6.95. The zero-order chi connectivity index (χ0) is 16.9. The number of nitrogens with one attached hydrogen (secondary N) is 1. The lowest BCUT2D eigenvalue weighted by molar-refractivity contribution is -0.112. The average molecular weight is 334 g/mol. The third kappa shape index (κ3) is 3.27. The fraction of sp³-hybridized carbons (Fsp3) is 0. The fourth-order valence-corrected chi connectivity index (χ4v) is 2.49. The van der Waals surface area contributed by atoms with Crippen LogP contribution < -0.4 is 5.32 Å². The van der Waals surface area contributed by atoms with Crippen LogP contribution in [-0.4, -0.2) is 10.9 Å².